The van der Waals surface area contributed by atoms with Crippen LogP contribution in [0.3, 0.4) is 0 Å². The van der Waals surface area contributed by atoms with Crippen LogP contribution in [0.25, 0.3) is 22.4 Å². The molecule has 7 nitrogen and oxygen atoms in total. The van der Waals surface area contributed by atoms with E-state index in [2.05, 4.69) is 9.97 Å². The summed E-state index contributed by atoms with van der Waals surface area (Å²) in [5.41, 5.74) is 1.25. The molecule has 2 heterocycles. The van der Waals surface area contributed by atoms with Crippen LogP contribution in [0.5, 0.6) is 5.88 Å². The van der Waals surface area contributed by atoms with Crippen molar-refractivity contribution in [3.05, 3.63) is 47.5 Å². The molecule has 1 fully saturated rings. The van der Waals surface area contributed by atoms with Crippen LogP contribution in [0.1, 0.15) is 38.5 Å². The summed E-state index contributed by atoms with van der Waals surface area (Å²) in [6.45, 7) is 0. The summed E-state index contributed by atoms with van der Waals surface area (Å²) in [5, 5.41) is 8.77. The molecule has 1 atom stereocenters. The first kappa shape index (κ1) is 25.7. The quantitative estimate of drug-likeness (QED) is 0.388. The van der Waals surface area contributed by atoms with Gasteiger partial charge in [0.15, 0.2) is 5.13 Å². The molecule has 0 bridgehead atoms. The maximum absolute atomic E-state index is 15.2. The molecule has 36 heavy (non-hydrogen) atoms. The highest BCUT2D eigenvalue weighted by Crippen LogP contribution is 2.39. The van der Waals surface area contributed by atoms with Gasteiger partial charge >= 0.3 is 5.97 Å². The van der Waals surface area contributed by atoms with Crippen molar-refractivity contribution < 1.29 is 28.2 Å². The second kappa shape index (κ2) is 11.1. The number of ether oxygens (including phenoxy) is 1. The number of carboxylic acid groups (broad SMARTS) is 1. The van der Waals surface area contributed by atoms with Gasteiger partial charge in [0, 0.05) is 36.4 Å². The van der Waals surface area contributed by atoms with Gasteiger partial charge in [-0.05, 0) is 36.1 Å². The molecule has 3 aromatic rings. The molecule has 1 unspecified atom stereocenters. The summed E-state index contributed by atoms with van der Waals surface area (Å²) in [7, 11) is 2.96. The molecule has 1 aromatic carbocycles. The fraction of sp³-hybridized carbons (Fsp3) is 0.385. The van der Waals surface area contributed by atoms with Crippen molar-refractivity contribution in [2.75, 3.05) is 19.1 Å². The molecule has 2 aromatic heterocycles. The Hall–Kier alpha value is -3.40. The average Bonchev–Trinajstić information content (AvgIpc) is 3.52. The Morgan fingerprint density at radius 2 is 1.94 bits per heavy atom. The lowest BCUT2D eigenvalue weighted by Crippen LogP contribution is -2.35. The number of thiazole rings is 1. The van der Waals surface area contributed by atoms with Crippen LogP contribution in [0.2, 0.25) is 0 Å². The van der Waals surface area contributed by atoms with Crippen LogP contribution in [-0.2, 0) is 9.59 Å². The number of rotatable bonds is 9. The molecule has 10 heteroatoms. The normalized spacial score (nSPS) is 14.6. The summed E-state index contributed by atoms with van der Waals surface area (Å²) in [4.78, 5) is 34.4. The van der Waals surface area contributed by atoms with Gasteiger partial charge in [0.25, 0.3) is 0 Å². The van der Waals surface area contributed by atoms with Crippen LogP contribution >= 0.6 is 11.3 Å². The van der Waals surface area contributed by atoms with Gasteiger partial charge in [-0.3, -0.25) is 14.5 Å². The molecule has 1 saturated carbocycles. The standard InChI is InChI=1S/C26H27F2N3O4S/c1-31(25(34)17(12-22(32)33)11-15-5-3-4-6-15)26-30-23(24(28)36-26)20-13-18(27)8-9-19(20)16-7-10-21(35-2)29-14-16/h7-10,13-15,17H,3-6,11-12H2,1-2H3,(H,32,33). The second-order valence-corrected chi connectivity index (χ2v) is 9.90. The smallest absolute Gasteiger partial charge is 0.304 e. The Morgan fingerprint density at radius 3 is 2.58 bits per heavy atom. The number of halogens is 2. The number of nitrogens with zero attached hydrogens (tertiary/aromatic N) is 3. The average molecular weight is 516 g/mol. The number of hydrogen-bond acceptors (Lipinski definition) is 6. The predicted octanol–water partition coefficient (Wildman–Crippen LogP) is 5.79. The van der Waals surface area contributed by atoms with Crippen molar-refractivity contribution in [3.63, 3.8) is 0 Å². The minimum atomic E-state index is -1.05. The van der Waals surface area contributed by atoms with Gasteiger partial charge < -0.3 is 9.84 Å². The molecular formula is C26H27F2N3O4S. The van der Waals surface area contributed by atoms with E-state index in [1.165, 1.54) is 43.5 Å². The number of pyridine rings is 1. The van der Waals surface area contributed by atoms with E-state index < -0.39 is 28.7 Å². The van der Waals surface area contributed by atoms with Crippen molar-refractivity contribution in [2.24, 2.45) is 11.8 Å². The van der Waals surface area contributed by atoms with Gasteiger partial charge in [-0.25, -0.2) is 14.4 Å². The molecule has 0 saturated heterocycles. The number of anilines is 1. The third kappa shape index (κ3) is 5.70. The number of methoxy groups -OCH3 is 1. The second-order valence-electron chi connectivity index (χ2n) is 8.98. The zero-order valence-corrected chi connectivity index (χ0v) is 20.9. The summed E-state index contributed by atoms with van der Waals surface area (Å²) in [5.74, 6) is -2.04. The van der Waals surface area contributed by atoms with Gasteiger partial charge in [-0.1, -0.05) is 43.1 Å². The van der Waals surface area contributed by atoms with E-state index >= 15 is 4.39 Å². The topological polar surface area (TPSA) is 92.6 Å². The lowest BCUT2D eigenvalue weighted by atomic mass is 9.90. The van der Waals surface area contributed by atoms with E-state index in [-0.39, 0.29) is 22.8 Å². The number of carboxylic acids is 1. The number of hydrogen-bond donors (Lipinski definition) is 1. The van der Waals surface area contributed by atoms with Gasteiger partial charge in [-0.15, -0.1) is 0 Å². The monoisotopic (exact) mass is 515 g/mol. The van der Waals surface area contributed by atoms with Crippen molar-refractivity contribution in [3.8, 4) is 28.3 Å². The molecule has 190 valence electrons. The first-order valence-corrected chi connectivity index (χ1v) is 12.5. The Labute approximate surface area is 211 Å². The fourth-order valence-corrected chi connectivity index (χ4v) is 5.50. The number of benzene rings is 1. The van der Waals surface area contributed by atoms with Crippen molar-refractivity contribution in [2.45, 2.75) is 38.5 Å². The molecule has 1 aliphatic carbocycles. The first-order chi connectivity index (χ1) is 17.3. The van der Waals surface area contributed by atoms with Crippen LogP contribution in [0.4, 0.5) is 13.9 Å². The Bertz CT molecular complexity index is 1240. The van der Waals surface area contributed by atoms with Gasteiger partial charge in [0.05, 0.1) is 13.5 Å². The maximum atomic E-state index is 15.2. The zero-order chi connectivity index (χ0) is 25.8. The SMILES string of the molecule is COc1ccc(-c2ccc(F)cc2-c2nc(N(C)C(=O)C(CC(=O)O)CC3CCCC3)sc2F)cn1. The first-order valence-electron chi connectivity index (χ1n) is 11.7. The van der Waals surface area contributed by atoms with E-state index in [1.54, 1.807) is 12.1 Å². The van der Waals surface area contributed by atoms with E-state index in [0.717, 1.165) is 25.7 Å². The largest absolute Gasteiger partial charge is 0.481 e. The van der Waals surface area contributed by atoms with E-state index in [4.69, 9.17) is 4.74 Å². The summed E-state index contributed by atoms with van der Waals surface area (Å²) < 4.78 is 34.5. The van der Waals surface area contributed by atoms with Crippen molar-refractivity contribution in [1.29, 1.82) is 0 Å². The molecule has 1 aliphatic rings. The Balaban J connectivity index is 1.64. The van der Waals surface area contributed by atoms with Crippen molar-refractivity contribution in [1.82, 2.24) is 9.97 Å². The van der Waals surface area contributed by atoms with Crippen LogP contribution in [0, 0.1) is 22.8 Å². The zero-order valence-electron chi connectivity index (χ0n) is 20.0. The van der Waals surface area contributed by atoms with Gasteiger partial charge in [0.2, 0.25) is 16.9 Å². The van der Waals surface area contributed by atoms with E-state index in [1.807, 2.05) is 0 Å². The fourth-order valence-electron chi connectivity index (χ4n) is 4.72. The molecule has 4 rings (SSSR count). The van der Waals surface area contributed by atoms with E-state index in [0.29, 0.717) is 40.7 Å². The lowest BCUT2D eigenvalue weighted by Gasteiger charge is -2.23. The highest BCUT2D eigenvalue weighted by atomic mass is 32.1. The predicted molar refractivity (Wildman–Crippen MR) is 133 cm³/mol. The van der Waals surface area contributed by atoms with Crippen LogP contribution in [-0.4, -0.2) is 41.1 Å². The molecule has 0 aliphatic heterocycles. The summed E-state index contributed by atoms with van der Waals surface area (Å²) in [6.07, 6.45) is 5.84. The molecular weight excluding hydrogens is 488 g/mol. The third-order valence-electron chi connectivity index (χ3n) is 6.55. The number of amides is 1. The maximum Gasteiger partial charge on any atom is 0.304 e. The third-order valence-corrected chi connectivity index (χ3v) is 7.47. The van der Waals surface area contributed by atoms with E-state index in [9.17, 15) is 19.1 Å². The molecule has 0 spiro atoms. The Kier molecular flexibility index (Phi) is 7.93. The highest BCUT2D eigenvalue weighted by Gasteiger charge is 2.31. The summed E-state index contributed by atoms with van der Waals surface area (Å²) >= 11 is 0.662. The number of carbonyl (C=O) groups is 2. The lowest BCUT2D eigenvalue weighted by molar-refractivity contribution is -0.140. The Morgan fingerprint density at radius 1 is 1.19 bits per heavy atom. The molecule has 1 N–H and O–H groups in total. The number of aliphatic carboxylic acids is 1. The molecule has 0 radical (unpaired) electrons. The molecule has 1 amide bonds. The minimum absolute atomic E-state index is 0.0809. The van der Waals surface area contributed by atoms with Gasteiger partial charge in [-0.2, -0.15) is 4.39 Å². The van der Waals surface area contributed by atoms with Crippen LogP contribution < -0.4 is 9.64 Å². The van der Waals surface area contributed by atoms with Gasteiger partial charge in [0.1, 0.15) is 11.5 Å². The summed E-state index contributed by atoms with van der Waals surface area (Å²) in [6, 6.07) is 7.35. The van der Waals surface area contributed by atoms with Crippen molar-refractivity contribution >= 4 is 28.3 Å². The minimum Gasteiger partial charge on any atom is -0.481 e. The highest BCUT2D eigenvalue weighted by molar-refractivity contribution is 7.14. The number of aromatic nitrogens is 2. The number of carbonyl (C=O) groups excluding carboxylic acids is 1. The van der Waals surface area contributed by atoms with Crippen LogP contribution in [0.15, 0.2) is 36.5 Å².